The number of aryl methyl sites for hydroxylation is 1. The third-order valence-electron chi connectivity index (χ3n) is 2.20. The van der Waals surface area contributed by atoms with Crippen LogP contribution in [0.15, 0.2) is 28.8 Å². The van der Waals surface area contributed by atoms with Gasteiger partial charge in [-0.15, -0.1) is 0 Å². The van der Waals surface area contributed by atoms with Crippen LogP contribution in [0.3, 0.4) is 0 Å². The SMILES string of the molecule is CCCc1noc(COc2cccc(N)c2)n1. The van der Waals surface area contributed by atoms with E-state index >= 15 is 0 Å². The van der Waals surface area contributed by atoms with Gasteiger partial charge in [0, 0.05) is 18.2 Å². The molecule has 0 aliphatic rings. The first-order valence-electron chi connectivity index (χ1n) is 5.57. The Labute approximate surface area is 99.6 Å². The minimum Gasteiger partial charge on any atom is -0.484 e. The molecule has 1 aromatic carbocycles. The van der Waals surface area contributed by atoms with Crippen molar-refractivity contribution in [3.05, 3.63) is 36.0 Å². The van der Waals surface area contributed by atoms with Crippen LogP contribution in [0.5, 0.6) is 5.75 Å². The van der Waals surface area contributed by atoms with Gasteiger partial charge in [-0.3, -0.25) is 0 Å². The molecule has 0 spiro atoms. The van der Waals surface area contributed by atoms with Crippen molar-refractivity contribution in [3.8, 4) is 5.75 Å². The number of nitrogen functional groups attached to an aromatic ring is 1. The highest BCUT2D eigenvalue weighted by molar-refractivity contribution is 5.43. The van der Waals surface area contributed by atoms with E-state index in [1.165, 1.54) is 0 Å². The molecule has 0 saturated heterocycles. The summed E-state index contributed by atoms with van der Waals surface area (Å²) in [5.74, 6) is 1.90. The van der Waals surface area contributed by atoms with Crippen molar-refractivity contribution in [2.45, 2.75) is 26.4 Å². The molecule has 0 aliphatic heterocycles. The fourth-order valence-corrected chi connectivity index (χ4v) is 1.42. The molecule has 2 N–H and O–H groups in total. The quantitative estimate of drug-likeness (QED) is 0.801. The summed E-state index contributed by atoms with van der Waals surface area (Å²) in [5.41, 5.74) is 6.31. The monoisotopic (exact) mass is 233 g/mol. The fourth-order valence-electron chi connectivity index (χ4n) is 1.42. The van der Waals surface area contributed by atoms with Gasteiger partial charge in [-0.2, -0.15) is 4.98 Å². The second kappa shape index (κ2) is 5.34. The smallest absolute Gasteiger partial charge is 0.264 e. The third-order valence-corrected chi connectivity index (χ3v) is 2.20. The van der Waals surface area contributed by atoms with E-state index in [4.69, 9.17) is 15.0 Å². The zero-order valence-electron chi connectivity index (χ0n) is 9.72. The highest BCUT2D eigenvalue weighted by Gasteiger charge is 2.06. The standard InChI is InChI=1S/C12H15N3O2/c1-2-4-11-14-12(17-15-11)8-16-10-6-3-5-9(13)7-10/h3,5-7H,2,4,8,13H2,1H3. The van der Waals surface area contributed by atoms with Gasteiger partial charge in [0.1, 0.15) is 5.75 Å². The largest absolute Gasteiger partial charge is 0.484 e. The van der Waals surface area contributed by atoms with E-state index in [-0.39, 0.29) is 6.61 Å². The maximum absolute atomic E-state index is 5.64. The van der Waals surface area contributed by atoms with E-state index in [0.29, 0.717) is 17.3 Å². The van der Waals surface area contributed by atoms with Crippen LogP contribution in [0.1, 0.15) is 25.1 Å². The molecule has 0 radical (unpaired) electrons. The van der Waals surface area contributed by atoms with Gasteiger partial charge in [-0.1, -0.05) is 18.1 Å². The zero-order valence-corrected chi connectivity index (χ0v) is 9.72. The number of ether oxygens (including phenoxy) is 1. The molecule has 0 aliphatic carbocycles. The summed E-state index contributed by atoms with van der Waals surface area (Å²) in [4.78, 5) is 4.20. The van der Waals surface area contributed by atoms with Crippen molar-refractivity contribution in [3.63, 3.8) is 0 Å². The topological polar surface area (TPSA) is 74.2 Å². The van der Waals surface area contributed by atoms with Gasteiger partial charge in [-0.05, 0) is 18.6 Å². The summed E-state index contributed by atoms with van der Waals surface area (Å²) in [6.45, 7) is 2.33. The van der Waals surface area contributed by atoms with Crippen LogP contribution in [0.25, 0.3) is 0 Å². The molecule has 0 fully saturated rings. The summed E-state index contributed by atoms with van der Waals surface area (Å²) < 4.78 is 10.5. The molecule has 1 heterocycles. The second-order valence-corrected chi connectivity index (χ2v) is 3.72. The molecule has 0 atom stereocenters. The van der Waals surface area contributed by atoms with Crippen LogP contribution >= 0.6 is 0 Å². The summed E-state index contributed by atoms with van der Waals surface area (Å²) >= 11 is 0. The Morgan fingerprint density at radius 1 is 1.41 bits per heavy atom. The van der Waals surface area contributed by atoms with Crippen LogP contribution < -0.4 is 10.5 Å². The van der Waals surface area contributed by atoms with Gasteiger partial charge >= 0.3 is 0 Å². The van der Waals surface area contributed by atoms with E-state index in [2.05, 4.69) is 17.1 Å². The minimum atomic E-state index is 0.264. The fraction of sp³-hybridized carbons (Fsp3) is 0.333. The Bertz CT molecular complexity index is 482. The first-order valence-corrected chi connectivity index (χ1v) is 5.57. The zero-order chi connectivity index (χ0) is 12.1. The van der Waals surface area contributed by atoms with E-state index in [1.54, 1.807) is 12.1 Å². The maximum atomic E-state index is 5.64. The predicted molar refractivity (Wildman–Crippen MR) is 63.5 cm³/mol. The summed E-state index contributed by atoms with van der Waals surface area (Å²) in [6.07, 6.45) is 1.82. The second-order valence-electron chi connectivity index (χ2n) is 3.72. The number of anilines is 1. The van der Waals surface area contributed by atoms with Crippen molar-refractivity contribution in [2.75, 3.05) is 5.73 Å². The molecule has 2 aromatic rings. The number of hydrogen-bond donors (Lipinski definition) is 1. The molecule has 0 bridgehead atoms. The van der Waals surface area contributed by atoms with Crippen molar-refractivity contribution in [1.82, 2.24) is 10.1 Å². The summed E-state index contributed by atoms with van der Waals surface area (Å²) in [5, 5.41) is 3.84. The third kappa shape index (κ3) is 3.21. The Morgan fingerprint density at radius 3 is 3.06 bits per heavy atom. The summed E-state index contributed by atoms with van der Waals surface area (Å²) in [6, 6.07) is 7.23. The first kappa shape index (κ1) is 11.4. The molecule has 17 heavy (non-hydrogen) atoms. The van der Waals surface area contributed by atoms with Gasteiger partial charge in [0.2, 0.25) is 0 Å². The Kier molecular flexibility index (Phi) is 3.59. The van der Waals surface area contributed by atoms with Crippen molar-refractivity contribution in [1.29, 1.82) is 0 Å². The molecule has 1 aromatic heterocycles. The average molecular weight is 233 g/mol. The first-order chi connectivity index (χ1) is 8.28. The minimum absolute atomic E-state index is 0.264. The molecule has 5 nitrogen and oxygen atoms in total. The summed E-state index contributed by atoms with van der Waals surface area (Å²) in [7, 11) is 0. The molecule has 2 rings (SSSR count). The highest BCUT2D eigenvalue weighted by Crippen LogP contribution is 2.15. The number of nitrogens with zero attached hydrogens (tertiary/aromatic N) is 2. The normalized spacial score (nSPS) is 10.4. The maximum Gasteiger partial charge on any atom is 0.264 e. The van der Waals surface area contributed by atoms with Gasteiger partial charge in [0.25, 0.3) is 5.89 Å². The van der Waals surface area contributed by atoms with Crippen LogP contribution in [-0.2, 0) is 13.0 Å². The van der Waals surface area contributed by atoms with Crippen molar-refractivity contribution in [2.24, 2.45) is 0 Å². The number of nitrogens with two attached hydrogens (primary N) is 1. The van der Waals surface area contributed by atoms with E-state index < -0.39 is 0 Å². The van der Waals surface area contributed by atoms with Gasteiger partial charge in [0.15, 0.2) is 12.4 Å². The van der Waals surface area contributed by atoms with Gasteiger partial charge < -0.3 is 15.0 Å². The van der Waals surface area contributed by atoms with E-state index in [9.17, 15) is 0 Å². The number of aromatic nitrogens is 2. The van der Waals surface area contributed by atoms with Gasteiger partial charge in [-0.25, -0.2) is 0 Å². The van der Waals surface area contributed by atoms with Crippen LogP contribution in [0.2, 0.25) is 0 Å². The Hall–Kier alpha value is -2.04. The molecule has 5 heteroatoms. The molecule has 0 unspecified atom stereocenters. The lowest BCUT2D eigenvalue weighted by Gasteiger charge is -2.02. The van der Waals surface area contributed by atoms with Crippen molar-refractivity contribution >= 4 is 5.69 Å². The number of rotatable bonds is 5. The average Bonchev–Trinajstić information content (AvgIpc) is 2.75. The lowest BCUT2D eigenvalue weighted by atomic mass is 10.3. The van der Waals surface area contributed by atoms with Crippen LogP contribution in [-0.4, -0.2) is 10.1 Å². The van der Waals surface area contributed by atoms with Gasteiger partial charge in [0.05, 0.1) is 0 Å². The Balaban J connectivity index is 1.93. The predicted octanol–water partition coefficient (Wildman–Crippen LogP) is 2.18. The molecule has 0 saturated carbocycles. The lowest BCUT2D eigenvalue weighted by molar-refractivity contribution is 0.242. The molecular weight excluding hydrogens is 218 g/mol. The molecule has 0 amide bonds. The number of benzene rings is 1. The van der Waals surface area contributed by atoms with E-state index in [1.807, 2.05) is 12.1 Å². The molecular formula is C12H15N3O2. The van der Waals surface area contributed by atoms with Crippen molar-refractivity contribution < 1.29 is 9.26 Å². The Morgan fingerprint density at radius 2 is 2.29 bits per heavy atom. The number of hydrogen-bond acceptors (Lipinski definition) is 5. The van der Waals surface area contributed by atoms with E-state index in [0.717, 1.165) is 18.7 Å². The van der Waals surface area contributed by atoms with Crippen LogP contribution in [0, 0.1) is 0 Å². The molecule has 90 valence electrons. The highest BCUT2D eigenvalue weighted by atomic mass is 16.5. The van der Waals surface area contributed by atoms with Crippen LogP contribution in [0.4, 0.5) is 5.69 Å². The lowest BCUT2D eigenvalue weighted by Crippen LogP contribution is -1.97.